The molecule has 2 aromatic rings. The molecule has 1 heterocycles. The largest absolute Gasteiger partial charge is 0.493 e. The van der Waals surface area contributed by atoms with Crippen LogP contribution in [0.4, 0.5) is 5.69 Å². The minimum atomic E-state index is -0.418. The van der Waals surface area contributed by atoms with Crippen LogP contribution in [0.2, 0.25) is 0 Å². The van der Waals surface area contributed by atoms with Crippen molar-refractivity contribution >= 4 is 17.5 Å². The van der Waals surface area contributed by atoms with Gasteiger partial charge in [0.15, 0.2) is 23.0 Å². The van der Waals surface area contributed by atoms with Gasteiger partial charge >= 0.3 is 0 Å². The highest BCUT2D eigenvalue weighted by atomic mass is 16.7. The van der Waals surface area contributed by atoms with Crippen molar-refractivity contribution in [1.29, 1.82) is 0 Å². The smallest absolute Gasteiger partial charge is 0.233 e. The average molecular weight is 372 g/mol. The molecule has 0 aromatic heterocycles. The summed E-state index contributed by atoms with van der Waals surface area (Å²) in [6, 6.07) is 10.4. The molecule has 2 amide bonds. The number of nitrogens with one attached hydrogen (secondary N) is 2. The third kappa shape index (κ3) is 4.60. The van der Waals surface area contributed by atoms with Gasteiger partial charge in [0.25, 0.3) is 0 Å². The molecule has 8 nitrogen and oxygen atoms in total. The van der Waals surface area contributed by atoms with Crippen LogP contribution in [0.15, 0.2) is 36.4 Å². The molecule has 0 spiro atoms. The van der Waals surface area contributed by atoms with E-state index in [-0.39, 0.29) is 25.7 Å². The molecule has 0 atom stereocenters. The molecule has 1 aliphatic rings. The first kappa shape index (κ1) is 18.4. The number of carbonyl (C=O) groups excluding carboxylic acids is 2. The number of fused-ring (bicyclic) bond motifs is 1. The maximum Gasteiger partial charge on any atom is 0.233 e. The van der Waals surface area contributed by atoms with Gasteiger partial charge in [-0.05, 0) is 29.8 Å². The van der Waals surface area contributed by atoms with E-state index in [4.69, 9.17) is 18.9 Å². The molecule has 142 valence electrons. The fourth-order valence-electron chi connectivity index (χ4n) is 2.58. The summed E-state index contributed by atoms with van der Waals surface area (Å²) >= 11 is 0. The van der Waals surface area contributed by atoms with Crippen molar-refractivity contribution in [2.45, 2.75) is 13.0 Å². The molecule has 3 rings (SSSR count). The predicted octanol–water partition coefficient (Wildman–Crippen LogP) is 2.08. The van der Waals surface area contributed by atoms with Crippen LogP contribution >= 0.6 is 0 Å². The number of carbonyl (C=O) groups is 2. The second kappa shape index (κ2) is 8.31. The molecule has 0 unspecified atom stereocenters. The highest BCUT2D eigenvalue weighted by molar-refractivity contribution is 6.03. The molecule has 2 N–H and O–H groups in total. The summed E-state index contributed by atoms with van der Waals surface area (Å²) in [6.07, 6.45) is -0.290. The van der Waals surface area contributed by atoms with E-state index in [9.17, 15) is 9.59 Å². The lowest BCUT2D eigenvalue weighted by Crippen LogP contribution is -2.27. The summed E-state index contributed by atoms with van der Waals surface area (Å²) < 4.78 is 20.9. The summed E-state index contributed by atoms with van der Waals surface area (Å²) in [6.45, 7) is 0.432. The van der Waals surface area contributed by atoms with E-state index in [0.717, 1.165) is 5.56 Å². The Kier molecular flexibility index (Phi) is 5.65. The Morgan fingerprint density at radius 1 is 0.963 bits per heavy atom. The van der Waals surface area contributed by atoms with Gasteiger partial charge in [-0.2, -0.15) is 0 Å². The molecule has 0 aliphatic carbocycles. The van der Waals surface area contributed by atoms with Gasteiger partial charge in [0, 0.05) is 18.3 Å². The Morgan fingerprint density at radius 3 is 2.52 bits per heavy atom. The summed E-state index contributed by atoms with van der Waals surface area (Å²) in [5.41, 5.74) is 1.37. The van der Waals surface area contributed by atoms with E-state index in [1.807, 2.05) is 6.07 Å². The molecule has 0 saturated heterocycles. The second-order valence-corrected chi connectivity index (χ2v) is 5.76. The molecule has 0 saturated carbocycles. The lowest BCUT2D eigenvalue weighted by Gasteiger charge is -2.10. The molecule has 2 aromatic carbocycles. The Balaban J connectivity index is 1.49. The van der Waals surface area contributed by atoms with Crippen LogP contribution in [0.5, 0.6) is 23.0 Å². The van der Waals surface area contributed by atoms with Crippen LogP contribution in [-0.4, -0.2) is 32.8 Å². The van der Waals surface area contributed by atoms with Crippen molar-refractivity contribution in [2.75, 3.05) is 26.3 Å². The number of amides is 2. The van der Waals surface area contributed by atoms with Crippen LogP contribution in [0.25, 0.3) is 0 Å². The zero-order chi connectivity index (χ0) is 19.2. The van der Waals surface area contributed by atoms with Crippen molar-refractivity contribution in [3.05, 3.63) is 42.0 Å². The first-order valence-corrected chi connectivity index (χ1v) is 8.26. The zero-order valence-electron chi connectivity index (χ0n) is 15.0. The van der Waals surface area contributed by atoms with Crippen molar-refractivity contribution in [2.24, 2.45) is 0 Å². The first-order chi connectivity index (χ1) is 13.1. The molecule has 0 radical (unpaired) electrons. The standard InChI is InChI=1S/C19H20N2O6/c1-24-14-5-3-12(7-16(14)25-2)10-20-18(22)9-19(23)21-13-4-6-15-17(8-13)27-11-26-15/h3-8H,9-11H2,1-2H3,(H,20,22)(H,21,23). The predicted molar refractivity (Wildman–Crippen MR) is 97.2 cm³/mol. The van der Waals surface area contributed by atoms with Gasteiger partial charge in [0.1, 0.15) is 6.42 Å². The maximum absolute atomic E-state index is 12.0. The Morgan fingerprint density at radius 2 is 1.74 bits per heavy atom. The molecule has 27 heavy (non-hydrogen) atoms. The van der Waals surface area contributed by atoms with Crippen molar-refractivity contribution in [3.63, 3.8) is 0 Å². The van der Waals surface area contributed by atoms with Crippen molar-refractivity contribution in [1.82, 2.24) is 5.32 Å². The van der Waals surface area contributed by atoms with Crippen molar-refractivity contribution < 1.29 is 28.5 Å². The Bertz CT molecular complexity index is 852. The van der Waals surface area contributed by atoms with E-state index in [1.165, 1.54) is 0 Å². The number of methoxy groups -OCH3 is 2. The maximum atomic E-state index is 12.0. The monoisotopic (exact) mass is 372 g/mol. The van der Waals surface area contributed by atoms with Crippen LogP contribution in [0.3, 0.4) is 0 Å². The molecule has 1 aliphatic heterocycles. The van der Waals surface area contributed by atoms with Crippen LogP contribution in [0, 0.1) is 0 Å². The number of benzene rings is 2. The lowest BCUT2D eigenvalue weighted by molar-refractivity contribution is -0.126. The van der Waals surface area contributed by atoms with Crippen LogP contribution in [-0.2, 0) is 16.1 Å². The highest BCUT2D eigenvalue weighted by Crippen LogP contribution is 2.34. The number of rotatable bonds is 7. The normalized spacial score (nSPS) is 11.6. The minimum absolute atomic E-state index is 0.158. The molecular formula is C19H20N2O6. The number of hydrogen-bond acceptors (Lipinski definition) is 6. The minimum Gasteiger partial charge on any atom is -0.493 e. The van der Waals surface area contributed by atoms with Crippen LogP contribution in [0.1, 0.15) is 12.0 Å². The highest BCUT2D eigenvalue weighted by Gasteiger charge is 2.15. The van der Waals surface area contributed by atoms with Crippen LogP contribution < -0.4 is 29.6 Å². The molecule has 0 fully saturated rings. The summed E-state index contributed by atoms with van der Waals surface area (Å²) in [7, 11) is 3.10. The second-order valence-electron chi connectivity index (χ2n) is 5.76. The quantitative estimate of drug-likeness (QED) is 0.723. The van der Waals surface area contributed by atoms with Gasteiger partial charge in [0.05, 0.1) is 14.2 Å². The number of anilines is 1. The fourth-order valence-corrected chi connectivity index (χ4v) is 2.58. The SMILES string of the molecule is COc1ccc(CNC(=O)CC(=O)Nc2ccc3c(c2)OCO3)cc1OC. The molecular weight excluding hydrogens is 352 g/mol. The van der Waals surface area contributed by atoms with Gasteiger partial charge < -0.3 is 29.6 Å². The van der Waals surface area contributed by atoms with E-state index < -0.39 is 5.91 Å². The van der Waals surface area contributed by atoms with E-state index >= 15 is 0 Å². The molecule has 8 heteroatoms. The number of ether oxygens (including phenoxy) is 4. The molecule has 0 bridgehead atoms. The Hall–Kier alpha value is -3.42. The zero-order valence-corrected chi connectivity index (χ0v) is 15.0. The average Bonchev–Trinajstić information content (AvgIpc) is 3.13. The third-order valence-electron chi connectivity index (χ3n) is 3.92. The van der Waals surface area contributed by atoms with E-state index in [0.29, 0.717) is 28.7 Å². The van der Waals surface area contributed by atoms with Gasteiger partial charge in [-0.3, -0.25) is 9.59 Å². The van der Waals surface area contributed by atoms with E-state index in [2.05, 4.69) is 10.6 Å². The van der Waals surface area contributed by atoms with Crippen molar-refractivity contribution in [3.8, 4) is 23.0 Å². The lowest BCUT2D eigenvalue weighted by atomic mass is 10.2. The third-order valence-corrected chi connectivity index (χ3v) is 3.92. The van der Waals surface area contributed by atoms with Gasteiger partial charge in [-0.1, -0.05) is 6.07 Å². The van der Waals surface area contributed by atoms with E-state index in [1.54, 1.807) is 44.6 Å². The fraction of sp³-hybridized carbons (Fsp3) is 0.263. The van der Waals surface area contributed by atoms with Gasteiger partial charge in [0.2, 0.25) is 18.6 Å². The summed E-state index contributed by atoms with van der Waals surface area (Å²) in [5, 5.41) is 5.37. The topological polar surface area (TPSA) is 95.1 Å². The summed E-state index contributed by atoms with van der Waals surface area (Å²) in [4.78, 5) is 24.0. The van der Waals surface area contributed by atoms with Gasteiger partial charge in [-0.25, -0.2) is 0 Å². The first-order valence-electron chi connectivity index (χ1n) is 8.26. The number of hydrogen-bond donors (Lipinski definition) is 2. The summed E-state index contributed by atoms with van der Waals surface area (Å²) in [5.74, 6) is 1.56. The van der Waals surface area contributed by atoms with Gasteiger partial charge in [-0.15, -0.1) is 0 Å². The Labute approximate surface area is 156 Å².